The van der Waals surface area contributed by atoms with Crippen molar-refractivity contribution in [3.8, 4) is 11.5 Å². The number of rotatable bonds is 6. The van der Waals surface area contributed by atoms with Gasteiger partial charge in [-0.05, 0) is 35.0 Å². The molecule has 4 aromatic rings. The van der Waals surface area contributed by atoms with E-state index in [9.17, 15) is 62.1 Å². The maximum atomic E-state index is 12.2. The molecule has 0 aliphatic carbocycles. The monoisotopic (exact) mass is 664 g/mol. The summed E-state index contributed by atoms with van der Waals surface area (Å²) in [6.07, 6.45) is 0. The number of benzene rings is 4. The average molecular weight is 665 g/mol. The van der Waals surface area contributed by atoms with Crippen LogP contribution in [0.15, 0.2) is 66.2 Å². The van der Waals surface area contributed by atoms with Crippen LogP contribution in [0.3, 0.4) is 0 Å². The van der Waals surface area contributed by atoms with Gasteiger partial charge in [0.15, 0.2) is 0 Å². The maximum Gasteiger partial charge on any atom is 0.296 e. The summed E-state index contributed by atoms with van der Waals surface area (Å²) in [5.74, 6) is -1.81. The van der Waals surface area contributed by atoms with Crippen molar-refractivity contribution in [3.05, 3.63) is 36.4 Å². The smallest absolute Gasteiger partial charge is 0.296 e. The molecule has 42 heavy (non-hydrogen) atoms. The van der Waals surface area contributed by atoms with Gasteiger partial charge in [-0.2, -0.15) is 33.7 Å². The quantitative estimate of drug-likeness (QED) is 0.0829. The Balaban J connectivity index is 2.10. The molecule has 0 saturated carbocycles. The summed E-state index contributed by atoms with van der Waals surface area (Å²) in [6.45, 7) is 0. The van der Waals surface area contributed by atoms with Crippen LogP contribution in [0.1, 0.15) is 0 Å². The van der Waals surface area contributed by atoms with Gasteiger partial charge in [0, 0.05) is 22.9 Å². The SMILES string of the molecule is Nc1c(N=Nc2c(S(=O)(=O)O)cc3cc(S(=O)(=O)O)cc(O)c3c2N)c(S(=O)(=O)O)cc2cc(S(=O)(=O)O)cc(O)c12. The van der Waals surface area contributed by atoms with Gasteiger partial charge in [0.2, 0.25) is 0 Å². The molecule has 4 aromatic carbocycles. The van der Waals surface area contributed by atoms with E-state index in [1.807, 2.05) is 0 Å². The Morgan fingerprint density at radius 3 is 1.07 bits per heavy atom. The molecule has 0 spiro atoms. The molecule has 0 amide bonds. The minimum Gasteiger partial charge on any atom is -0.507 e. The van der Waals surface area contributed by atoms with Crippen LogP contribution in [0, 0.1) is 0 Å². The molecule has 224 valence electrons. The maximum absolute atomic E-state index is 12.2. The predicted octanol–water partition coefficient (Wildman–Crippen LogP) is 1.97. The van der Waals surface area contributed by atoms with Crippen molar-refractivity contribution < 1.29 is 62.1 Å². The summed E-state index contributed by atoms with van der Waals surface area (Å²) in [7, 11) is -20.4. The third-order valence-electron chi connectivity index (χ3n) is 5.73. The van der Waals surface area contributed by atoms with Gasteiger partial charge in [-0.3, -0.25) is 18.2 Å². The van der Waals surface area contributed by atoms with Crippen LogP contribution in [0.4, 0.5) is 22.7 Å². The fourth-order valence-corrected chi connectivity index (χ4v) is 6.39. The highest BCUT2D eigenvalue weighted by molar-refractivity contribution is 7.86. The zero-order valence-corrected chi connectivity index (χ0v) is 23.4. The predicted molar refractivity (Wildman–Crippen MR) is 143 cm³/mol. The summed E-state index contributed by atoms with van der Waals surface area (Å²) in [5, 5.41) is 26.1. The Morgan fingerprint density at radius 2 is 0.810 bits per heavy atom. The highest BCUT2D eigenvalue weighted by Gasteiger charge is 2.27. The van der Waals surface area contributed by atoms with Crippen molar-refractivity contribution in [2.24, 2.45) is 10.2 Å². The van der Waals surface area contributed by atoms with E-state index in [-0.39, 0.29) is 0 Å². The number of hydrogen-bond donors (Lipinski definition) is 8. The molecule has 0 aliphatic heterocycles. The molecule has 18 nitrogen and oxygen atoms in total. The van der Waals surface area contributed by atoms with E-state index >= 15 is 0 Å². The fraction of sp³-hybridized carbons (Fsp3) is 0. The Morgan fingerprint density at radius 1 is 0.500 bits per heavy atom. The fourth-order valence-electron chi connectivity index (χ4n) is 3.98. The number of nitrogen functional groups attached to an aromatic ring is 2. The first-order valence-corrected chi connectivity index (χ1v) is 16.3. The van der Waals surface area contributed by atoms with Crippen molar-refractivity contribution in [2.45, 2.75) is 19.6 Å². The summed E-state index contributed by atoms with van der Waals surface area (Å²) >= 11 is 0. The normalized spacial score (nSPS) is 13.3. The second-order valence-electron chi connectivity index (χ2n) is 8.46. The molecular formula is C20H16N4O14S4. The van der Waals surface area contributed by atoms with Crippen molar-refractivity contribution in [1.82, 2.24) is 0 Å². The minimum absolute atomic E-state index is 0.421. The summed E-state index contributed by atoms with van der Waals surface area (Å²) in [4.78, 5) is -4.03. The molecular weight excluding hydrogens is 649 g/mol. The number of nitrogens with two attached hydrogens (primary N) is 2. The number of azo groups is 1. The number of phenols is 2. The Kier molecular flexibility index (Phi) is 7.11. The first-order valence-electron chi connectivity index (χ1n) is 10.5. The van der Waals surface area contributed by atoms with Gasteiger partial charge in [0.1, 0.15) is 32.7 Å². The number of phenolic OH excluding ortho intramolecular Hbond substituents is 2. The number of aromatic hydroxyl groups is 2. The van der Waals surface area contributed by atoms with Crippen molar-refractivity contribution in [1.29, 1.82) is 0 Å². The second kappa shape index (κ2) is 9.70. The molecule has 0 aromatic heterocycles. The van der Waals surface area contributed by atoms with Gasteiger partial charge < -0.3 is 21.7 Å². The first kappa shape index (κ1) is 30.8. The molecule has 0 atom stereocenters. The van der Waals surface area contributed by atoms with Crippen LogP contribution in [0.2, 0.25) is 0 Å². The highest BCUT2D eigenvalue weighted by Crippen LogP contribution is 2.46. The van der Waals surface area contributed by atoms with E-state index in [1.54, 1.807) is 0 Å². The van der Waals surface area contributed by atoms with Crippen LogP contribution < -0.4 is 11.5 Å². The topological polar surface area (TPSA) is 335 Å². The van der Waals surface area contributed by atoms with E-state index in [1.165, 1.54) is 0 Å². The molecule has 4 rings (SSSR count). The lowest BCUT2D eigenvalue weighted by Gasteiger charge is -2.14. The minimum atomic E-state index is -5.27. The van der Waals surface area contributed by atoms with Crippen LogP contribution in [0.25, 0.3) is 21.5 Å². The second-order valence-corrected chi connectivity index (χ2v) is 14.1. The lowest BCUT2D eigenvalue weighted by Crippen LogP contribution is -2.04. The van der Waals surface area contributed by atoms with E-state index in [0.29, 0.717) is 36.4 Å². The molecule has 0 saturated heterocycles. The molecule has 0 radical (unpaired) electrons. The van der Waals surface area contributed by atoms with Crippen molar-refractivity contribution in [3.63, 3.8) is 0 Å². The van der Waals surface area contributed by atoms with Crippen molar-refractivity contribution in [2.75, 3.05) is 11.5 Å². The zero-order chi connectivity index (χ0) is 31.7. The molecule has 0 unspecified atom stereocenters. The van der Waals surface area contributed by atoms with E-state index in [0.717, 1.165) is 0 Å². The van der Waals surface area contributed by atoms with Gasteiger partial charge in [-0.25, -0.2) is 0 Å². The lowest BCUT2D eigenvalue weighted by atomic mass is 10.1. The molecule has 0 heterocycles. The van der Waals surface area contributed by atoms with Crippen LogP contribution in [0.5, 0.6) is 11.5 Å². The number of hydrogen-bond acceptors (Lipinski definition) is 14. The van der Waals surface area contributed by atoms with E-state index in [4.69, 9.17) is 11.5 Å². The summed E-state index contributed by atoms with van der Waals surface area (Å²) in [5.41, 5.74) is 8.52. The summed E-state index contributed by atoms with van der Waals surface area (Å²) in [6, 6.07) is 3.72. The number of nitrogens with zero attached hydrogens (tertiary/aromatic N) is 2. The Hall–Kier alpha value is -4.16. The van der Waals surface area contributed by atoms with Gasteiger partial charge in [-0.15, -0.1) is 10.2 Å². The van der Waals surface area contributed by atoms with Crippen LogP contribution in [-0.4, -0.2) is 62.1 Å². The van der Waals surface area contributed by atoms with Gasteiger partial charge in [-0.1, -0.05) is 0 Å². The molecule has 22 heteroatoms. The van der Waals surface area contributed by atoms with Gasteiger partial charge in [0.25, 0.3) is 40.5 Å². The lowest BCUT2D eigenvalue weighted by molar-refractivity contribution is 0.470. The number of fused-ring (bicyclic) bond motifs is 2. The van der Waals surface area contributed by atoms with Crippen LogP contribution >= 0.6 is 0 Å². The zero-order valence-electron chi connectivity index (χ0n) is 20.1. The Labute approximate surface area is 235 Å². The van der Waals surface area contributed by atoms with E-state index < -0.39 is 116 Å². The first-order chi connectivity index (χ1) is 19.0. The largest absolute Gasteiger partial charge is 0.507 e. The third kappa shape index (κ3) is 5.51. The third-order valence-corrected chi connectivity index (χ3v) is 9.13. The number of anilines is 2. The molecule has 0 bridgehead atoms. The highest BCUT2D eigenvalue weighted by atomic mass is 32.2. The van der Waals surface area contributed by atoms with Gasteiger partial charge >= 0.3 is 0 Å². The van der Waals surface area contributed by atoms with E-state index in [2.05, 4.69) is 10.2 Å². The summed E-state index contributed by atoms with van der Waals surface area (Å²) < 4.78 is 133. The van der Waals surface area contributed by atoms with Crippen LogP contribution in [-0.2, 0) is 40.5 Å². The standard InChI is InChI=1S/C20H16N4O14S4/c21-17-15-7(1-9(5-11(15)25)39(27,28)29)3-13(41(33,34)35)19(17)23-24-20-14(42(36,37)38)4-8-2-10(40(30,31)32)6-12(26)16(8)18(20)22/h1-6,25-26H,21-22H2,(H,27,28,29)(H,30,31,32)(H,33,34,35)(H,36,37,38). The molecule has 0 aliphatic rings. The Bertz CT molecular complexity index is 2170. The van der Waals surface area contributed by atoms with Crippen molar-refractivity contribution >= 4 is 84.8 Å². The van der Waals surface area contributed by atoms with Gasteiger partial charge in [0.05, 0.1) is 21.2 Å². The molecule has 0 fully saturated rings. The molecule has 10 N–H and O–H groups in total. The average Bonchev–Trinajstić information content (AvgIpc) is 2.80.